The Kier molecular flexibility index (Phi) is 7.68. The quantitative estimate of drug-likeness (QED) is 0.321. The van der Waals surface area contributed by atoms with E-state index in [0.29, 0.717) is 12.5 Å². The van der Waals surface area contributed by atoms with Crippen molar-refractivity contribution in [2.45, 2.75) is 26.4 Å². The van der Waals surface area contributed by atoms with E-state index in [-0.39, 0.29) is 6.61 Å². The first-order valence-electron chi connectivity index (χ1n) is 5.08. The predicted octanol–water partition coefficient (Wildman–Crippen LogP) is 0.834. The molecule has 0 saturated carbocycles. The van der Waals surface area contributed by atoms with Crippen LogP contribution in [-0.4, -0.2) is 36.1 Å². The van der Waals surface area contributed by atoms with Crippen molar-refractivity contribution in [1.29, 1.82) is 0 Å². The smallest absolute Gasteiger partial charge is 0.294 e. The standard InChI is InChI=1S/C8H16N2O7/c1-7(2)3-4-15-5-8(17-10(13)14)6-16-9(11)12/h7-8H,3-6H2,1-2H3. The fourth-order valence-electron chi connectivity index (χ4n) is 0.908. The van der Waals surface area contributed by atoms with Gasteiger partial charge in [0.15, 0.2) is 6.10 Å². The van der Waals surface area contributed by atoms with Gasteiger partial charge >= 0.3 is 0 Å². The highest BCUT2D eigenvalue weighted by molar-refractivity contribution is 4.52. The third-order valence-electron chi connectivity index (χ3n) is 1.74. The van der Waals surface area contributed by atoms with Gasteiger partial charge in [0.25, 0.3) is 10.2 Å². The number of hydrogen-bond acceptors (Lipinski definition) is 7. The van der Waals surface area contributed by atoms with E-state index in [1.165, 1.54) is 0 Å². The van der Waals surface area contributed by atoms with Crippen LogP contribution in [0.15, 0.2) is 0 Å². The summed E-state index contributed by atoms with van der Waals surface area (Å²) in [6, 6.07) is 0. The first-order chi connectivity index (χ1) is 7.91. The molecule has 17 heavy (non-hydrogen) atoms. The Bertz CT molecular complexity index is 246. The summed E-state index contributed by atoms with van der Waals surface area (Å²) < 4.78 is 5.11. The first-order valence-corrected chi connectivity index (χ1v) is 5.08. The summed E-state index contributed by atoms with van der Waals surface area (Å²) >= 11 is 0. The molecular formula is C8H16N2O7. The Morgan fingerprint density at radius 2 is 1.76 bits per heavy atom. The van der Waals surface area contributed by atoms with Crippen LogP contribution < -0.4 is 0 Å². The summed E-state index contributed by atoms with van der Waals surface area (Å²) in [5, 5.41) is 18.0. The van der Waals surface area contributed by atoms with Gasteiger partial charge in [-0.1, -0.05) is 13.8 Å². The maximum Gasteiger partial charge on any atom is 0.294 e. The van der Waals surface area contributed by atoms with Gasteiger partial charge in [-0.2, -0.15) is 0 Å². The minimum Gasteiger partial charge on any atom is -0.379 e. The average Bonchev–Trinajstić information content (AvgIpc) is 2.19. The average molecular weight is 252 g/mol. The molecule has 0 bridgehead atoms. The Morgan fingerprint density at radius 3 is 2.24 bits per heavy atom. The molecule has 1 atom stereocenters. The fraction of sp³-hybridized carbons (Fsp3) is 1.00. The summed E-state index contributed by atoms with van der Waals surface area (Å²) in [5.41, 5.74) is 0. The van der Waals surface area contributed by atoms with E-state index < -0.39 is 22.9 Å². The predicted molar refractivity (Wildman–Crippen MR) is 55.1 cm³/mol. The van der Waals surface area contributed by atoms with Crippen LogP contribution in [0.25, 0.3) is 0 Å². The lowest BCUT2D eigenvalue weighted by Gasteiger charge is -2.14. The molecule has 100 valence electrons. The maximum absolute atomic E-state index is 10.1. The molecule has 0 heterocycles. The second-order valence-corrected chi connectivity index (χ2v) is 3.73. The molecule has 0 aromatic heterocycles. The number of rotatable bonds is 10. The summed E-state index contributed by atoms with van der Waals surface area (Å²) in [6.07, 6.45) is -0.302. The van der Waals surface area contributed by atoms with Crippen LogP contribution in [0.2, 0.25) is 0 Å². The van der Waals surface area contributed by atoms with Crippen molar-refractivity contribution >= 4 is 0 Å². The molecular weight excluding hydrogens is 236 g/mol. The van der Waals surface area contributed by atoms with E-state index in [2.05, 4.69) is 9.68 Å². The van der Waals surface area contributed by atoms with Gasteiger partial charge in [-0.15, -0.1) is 20.2 Å². The highest BCUT2D eigenvalue weighted by atomic mass is 17.0. The molecule has 0 aliphatic rings. The molecule has 0 aromatic carbocycles. The third kappa shape index (κ3) is 10.6. The monoisotopic (exact) mass is 252 g/mol. The Morgan fingerprint density at radius 1 is 1.12 bits per heavy atom. The van der Waals surface area contributed by atoms with Crippen molar-refractivity contribution in [3.8, 4) is 0 Å². The zero-order valence-corrected chi connectivity index (χ0v) is 9.74. The molecule has 0 rings (SSSR count). The van der Waals surface area contributed by atoms with Crippen molar-refractivity contribution in [1.82, 2.24) is 0 Å². The Balaban J connectivity index is 3.84. The molecule has 0 spiro atoms. The van der Waals surface area contributed by atoms with E-state index in [9.17, 15) is 20.2 Å². The zero-order chi connectivity index (χ0) is 13.3. The SMILES string of the molecule is CC(C)CCOCC(CO[N+](=O)[O-])O[N+](=O)[O-]. The maximum atomic E-state index is 10.1. The summed E-state index contributed by atoms with van der Waals surface area (Å²) in [5.74, 6) is 0.444. The van der Waals surface area contributed by atoms with Crippen molar-refractivity contribution in [3.63, 3.8) is 0 Å². The van der Waals surface area contributed by atoms with Crippen molar-refractivity contribution in [2.75, 3.05) is 19.8 Å². The molecule has 0 fully saturated rings. The highest BCUT2D eigenvalue weighted by Crippen LogP contribution is 2.01. The van der Waals surface area contributed by atoms with E-state index in [0.717, 1.165) is 6.42 Å². The van der Waals surface area contributed by atoms with Gasteiger partial charge in [0.1, 0.15) is 6.61 Å². The molecule has 9 heteroatoms. The van der Waals surface area contributed by atoms with E-state index in [1.54, 1.807) is 0 Å². The Labute approximate surface area is 97.8 Å². The third-order valence-corrected chi connectivity index (χ3v) is 1.74. The van der Waals surface area contributed by atoms with Crippen LogP contribution >= 0.6 is 0 Å². The first kappa shape index (κ1) is 15.4. The van der Waals surface area contributed by atoms with Crippen molar-refractivity contribution < 1.29 is 24.6 Å². The minimum atomic E-state index is -1.09. The van der Waals surface area contributed by atoms with Crippen LogP contribution in [-0.2, 0) is 14.4 Å². The normalized spacial score (nSPS) is 12.2. The van der Waals surface area contributed by atoms with E-state index in [1.807, 2.05) is 13.8 Å². The number of hydrogen-bond donors (Lipinski definition) is 0. The number of ether oxygens (including phenoxy) is 1. The van der Waals surface area contributed by atoms with Gasteiger partial charge in [0.2, 0.25) is 0 Å². The molecule has 0 aromatic rings. The lowest BCUT2D eigenvalue weighted by Crippen LogP contribution is -2.29. The van der Waals surface area contributed by atoms with Crippen LogP contribution in [0, 0.1) is 26.1 Å². The summed E-state index contributed by atoms with van der Waals surface area (Å²) in [4.78, 5) is 28.2. The topological polar surface area (TPSA) is 114 Å². The van der Waals surface area contributed by atoms with Crippen molar-refractivity contribution in [3.05, 3.63) is 20.2 Å². The van der Waals surface area contributed by atoms with Gasteiger partial charge < -0.3 is 14.4 Å². The van der Waals surface area contributed by atoms with Gasteiger partial charge in [-0.05, 0) is 12.3 Å². The van der Waals surface area contributed by atoms with Gasteiger partial charge in [0.05, 0.1) is 6.61 Å². The lowest BCUT2D eigenvalue weighted by molar-refractivity contribution is -0.790. The van der Waals surface area contributed by atoms with Gasteiger partial charge in [0, 0.05) is 6.61 Å². The molecule has 0 saturated heterocycles. The van der Waals surface area contributed by atoms with Crippen LogP contribution in [0.3, 0.4) is 0 Å². The van der Waals surface area contributed by atoms with E-state index >= 15 is 0 Å². The van der Waals surface area contributed by atoms with E-state index in [4.69, 9.17) is 4.74 Å². The highest BCUT2D eigenvalue weighted by Gasteiger charge is 2.16. The Hall–Kier alpha value is -1.64. The minimum absolute atomic E-state index is 0.123. The van der Waals surface area contributed by atoms with Gasteiger partial charge in [-0.25, -0.2) is 0 Å². The largest absolute Gasteiger partial charge is 0.379 e. The van der Waals surface area contributed by atoms with Crippen LogP contribution in [0.5, 0.6) is 0 Å². The lowest BCUT2D eigenvalue weighted by atomic mass is 10.1. The van der Waals surface area contributed by atoms with Crippen molar-refractivity contribution in [2.24, 2.45) is 5.92 Å². The number of nitrogens with zero attached hydrogens (tertiary/aromatic N) is 2. The molecule has 9 nitrogen and oxygen atoms in total. The fourth-order valence-corrected chi connectivity index (χ4v) is 0.908. The van der Waals surface area contributed by atoms with Crippen LogP contribution in [0.1, 0.15) is 20.3 Å². The molecule has 0 radical (unpaired) electrons. The zero-order valence-electron chi connectivity index (χ0n) is 9.74. The van der Waals surface area contributed by atoms with Crippen LogP contribution in [0.4, 0.5) is 0 Å². The molecule has 0 amide bonds. The molecule has 0 aliphatic carbocycles. The van der Waals surface area contributed by atoms with Gasteiger partial charge in [-0.3, -0.25) is 0 Å². The summed E-state index contributed by atoms with van der Waals surface area (Å²) in [6.45, 7) is 3.76. The molecule has 0 N–H and O–H groups in total. The summed E-state index contributed by atoms with van der Waals surface area (Å²) in [7, 11) is 0. The second kappa shape index (κ2) is 8.50. The molecule has 1 unspecified atom stereocenters. The molecule has 0 aliphatic heterocycles. The second-order valence-electron chi connectivity index (χ2n) is 3.73.